The van der Waals surface area contributed by atoms with E-state index in [0.29, 0.717) is 11.8 Å². The lowest BCUT2D eigenvalue weighted by Crippen LogP contribution is -2.18. The van der Waals surface area contributed by atoms with Crippen molar-refractivity contribution < 1.29 is 31.7 Å². The van der Waals surface area contributed by atoms with Gasteiger partial charge in [-0.2, -0.15) is 13.2 Å². The molecule has 0 saturated heterocycles. The molecule has 2 heterocycles. The van der Waals surface area contributed by atoms with E-state index >= 15 is 0 Å². The van der Waals surface area contributed by atoms with E-state index in [-0.39, 0.29) is 16.9 Å². The first-order chi connectivity index (χ1) is 13.2. The predicted molar refractivity (Wildman–Crippen MR) is 89.5 cm³/mol. The first-order valence-corrected chi connectivity index (χ1v) is 8.38. The van der Waals surface area contributed by atoms with Crippen molar-refractivity contribution in [1.29, 1.82) is 0 Å². The number of nitro benzene ring substituents is 1. The third-order valence-electron chi connectivity index (χ3n) is 3.26. The van der Waals surface area contributed by atoms with Crippen LogP contribution in [0.5, 0.6) is 0 Å². The molecule has 146 valence electrons. The van der Waals surface area contributed by atoms with Gasteiger partial charge in [0.2, 0.25) is 5.91 Å². The second-order valence-corrected chi connectivity index (χ2v) is 6.10. The highest BCUT2D eigenvalue weighted by Crippen LogP contribution is 2.37. The molecule has 3 rings (SSSR count). The SMILES string of the molecule is O=C(CSc1nnc(-c2ccco2)o1)Nc1ccc([N+](=O)[O-])cc1C(F)(F)F. The van der Waals surface area contributed by atoms with Gasteiger partial charge in [0.25, 0.3) is 16.8 Å². The van der Waals surface area contributed by atoms with Crippen LogP contribution in [0, 0.1) is 10.1 Å². The zero-order valence-corrected chi connectivity index (χ0v) is 14.4. The highest BCUT2D eigenvalue weighted by atomic mass is 32.2. The van der Waals surface area contributed by atoms with Gasteiger partial charge in [0.1, 0.15) is 0 Å². The largest absolute Gasteiger partial charge is 0.459 e. The number of rotatable bonds is 6. The van der Waals surface area contributed by atoms with Crippen LogP contribution in [0.4, 0.5) is 24.5 Å². The number of carbonyl (C=O) groups is 1. The normalized spacial score (nSPS) is 11.4. The van der Waals surface area contributed by atoms with Crippen molar-refractivity contribution in [2.45, 2.75) is 11.4 Å². The maximum Gasteiger partial charge on any atom is 0.418 e. The van der Waals surface area contributed by atoms with Crippen molar-refractivity contribution in [2.24, 2.45) is 0 Å². The summed E-state index contributed by atoms with van der Waals surface area (Å²) in [4.78, 5) is 21.7. The standard InChI is InChI=1S/C15H9F3N4O5S/c16-15(17,18)9-6-8(22(24)25)3-4-10(9)19-12(23)7-28-14-21-20-13(27-14)11-2-1-5-26-11/h1-6H,7H2,(H,19,23). The van der Waals surface area contributed by atoms with E-state index < -0.39 is 33.9 Å². The summed E-state index contributed by atoms with van der Waals surface area (Å²) >= 11 is 0.804. The Morgan fingerprint density at radius 2 is 2.07 bits per heavy atom. The first-order valence-electron chi connectivity index (χ1n) is 7.39. The number of nitrogens with one attached hydrogen (secondary N) is 1. The molecule has 0 fully saturated rings. The molecule has 13 heteroatoms. The fourth-order valence-electron chi connectivity index (χ4n) is 2.07. The summed E-state index contributed by atoms with van der Waals surface area (Å²) in [6.45, 7) is 0. The number of hydrogen-bond acceptors (Lipinski definition) is 8. The lowest BCUT2D eigenvalue weighted by molar-refractivity contribution is -0.385. The Morgan fingerprint density at radius 3 is 2.71 bits per heavy atom. The van der Waals surface area contributed by atoms with Gasteiger partial charge in [-0.3, -0.25) is 14.9 Å². The second-order valence-electron chi connectivity index (χ2n) is 5.17. The van der Waals surface area contributed by atoms with E-state index in [4.69, 9.17) is 8.83 Å². The number of amides is 1. The van der Waals surface area contributed by atoms with Crippen molar-refractivity contribution >= 4 is 29.0 Å². The molecule has 1 N–H and O–H groups in total. The molecule has 0 radical (unpaired) electrons. The lowest BCUT2D eigenvalue weighted by Gasteiger charge is -2.13. The van der Waals surface area contributed by atoms with Crippen LogP contribution in [0.1, 0.15) is 5.56 Å². The number of thioether (sulfide) groups is 1. The van der Waals surface area contributed by atoms with Crippen LogP contribution in [-0.2, 0) is 11.0 Å². The van der Waals surface area contributed by atoms with Gasteiger partial charge < -0.3 is 14.2 Å². The monoisotopic (exact) mass is 414 g/mol. The van der Waals surface area contributed by atoms with E-state index in [9.17, 15) is 28.1 Å². The summed E-state index contributed by atoms with van der Waals surface area (Å²) in [5, 5.41) is 20.2. The minimum absolute atomic E-state index is 0.0151. The highest BCUT2D eigenvalue weighted by molar-refractivity contribution is 7.99. The average Bonchev–Trinajstić information content (AvgIpc) is 3.30. The molecule has 1 amide bonds. The number of nitro groups is 1. The summed E-state index contributed by atoms with van der Waals surface area (Å²) < 4.78 is 49.7. The molecule has 0 aliphatic carbocycles. The Balaban J connectivity index is 1.67. The van der Waals surface area contributed by atoms with Gasteiger partial charge in [-0.05, 0) is 18.2 Å². The summed E-state index contributed by atoms with van der Waals surface area (Å²) in [6.07, 6.45) is -3.48. The number of non-ortho nitro benzene ring substituents is 1. The molecule has 0 saturated carbocycles. The maximum absolute atomic E-state index is 13.1. The third-order valence-corrected chi connectivity index (χ3v) is 4.08. The number of aromatic nitrogens is 2. The van der Waals surface area contributed by atoms with Crippen LogP contribution in [-0.4, -0.2) is 26.8 Å². The van der Waals surface area contributed by atoms with Crippen LogP contribution >= 0.6 is 11.8 Å². The Kier molecular flexibility index (Phi) is 5.35. The number of carbonyl (C=O) groups excluding carboxylic acids is 1. The molecular weight excluding hydrogens is 405 g/mol. The molecule has 3 aromatic rings. The van der Waals surface area contributed by atoms with Gasteiger partial charge in [-0.25, -0.2) is 0 Å². The van der Waals surface area contributed by atoms with Crippen molar-refractivity contribution in [2.75, 3.05) is 11.1 Å². The molecule has 0 bridgehead atoms. The van der Waals surface area contributed by atoms with Crippen LogP contribution < -0.4 is 5.32 Å². The molecule has 0 spiro atoms. The lowest BCUT2D eigenvalue weighted by atomic mass is 10.1. The van der Waals surface area contributed by atoms with Gasteiger partial charge in [0, 0.05) is 12.1 Å². The second kappa shape index (κ2) is 7.72. The van der Waals surface area contributed by atoms with Gasteiger partial charge in [0.05, 0.1) is 28.2 Å². The molecule has 0 unspecified atom stereocenters. The minimum Gasteiger partial charge on any atom is -0.459 e. The smallest absolute Gasteiger partial charge is 0.418 e. The molecule has 2 aromatic heterocycles. The number of nitrogens with zero attached hydrogens (tertiary/aromatic N) is 3. The van der Waals surface area contributed by atoms with Crippen LogP contribution in [0.2, 0.25) is 0 Å². The quantitative estimate of drug-likeness (QED) is 0.365. The number of alkyl halides is 3. The topological polar surface area (TPSA) is 124 Å². The van der Waals surface area contributed by atoms with Gasteiger partial charge in [-0.15, -0.1) is 10.2 Å². The summed E-state index contributed by atoms with van der Waals surface area (Å²) in [6, 6.07) is 5.25. The van der Waals surface area contributed by atoms with Crippen LogP contribution in [0.15, 0.2) is 50.7 Å². The van der Waals surface area contributed by atoms with E-state index in [2.05, 4.69) is 15.5 Å². The fraction of sp³-hybridized carbons (Fsp3) is 0.133. The summed E-state index contributed by atoms with van der Waals surface area (Å²) in [5.41, 5.74) is -2.65. The number of benzene rings is 1. The van der Waals surface area contributed by atoms with E-state index in [0.717, 1.165) is 23.9 Å². The molecule has 0 aliphatic rings. The summed E-state index contributed by atoms with van der Waals surface area (Å²) in [7, 11) is 0. The first kappa shape index (κ1) is 19.4. The Labute approximate surface area is 158 Å². The molecular formula is C15H9F3N4O5S. The van der Waals surface area contributed by atoms with E-state index in [1.807, 2.05) is 0 Å². The van der Waals surface area contributed by atoms with E-state index in [1.165, 1.54) is 6.26 Å². The van der Waals surface area contributed by atoms with Crippen molar-refractivity contribution in [1.82, 2.24) is 10.2 Å². The van der Waals surface area contributed by atoms with Gasteiger partial charge >= 0.3 is 6.18 Å². The zero-order chi connectivity index (χ0) is 20.3. The number of furan rings is 1. The Morgan fingerprint density at radius 1 is 1.29 bits per heavy atom. The molecule has 0 aliphatic heterocycles. The van der Waals surface area contributed by atoms with Crippen molar-refractivity contribution in [3.63, 3.8) is 0 Å². The van der Waals surface area contributed by atoms with Gasteiger partial charge in [-0.1, -0.05) is 11.8 Å². The fourth-order valence-corrected chi connectivity index (χ4v) is 2.63. The molecule has 28 heavy (non-hydrogen) atoms. The molecule has 0 atom stereocenters. The number of hydrogen-bond donors (Lipinski definition) is 1. The zero-order valence-electron chi connectivity index (χ0n) is 13.6. The number of anilines is 1. The molecule has 9 nitrogen and oxygen atoms in total. The summed E-state index contributed by atoms with van der Waals surface area (Å²) in [5.74, 6) is -0.706. The Bertz CT molecular complexity index is 1000. The van der Waals surface area contributed by atoms with Crippen LogP contribution in [0.3, 0.4) is 0 Å². The van der Waals surface area contributed by atoms with Crippen molar-refractivity contribution in [3.05, 3.63) is 52.3 Å². The predicted octanol–water partition coefficient (Wildman–Crippen LogP) is 3.99. The highest BCUT2D eigenvalue weighted by Gasteiger charge is 2.35. The average molecular weight is 414 g/mol. The van der Waals surface area contributed by atoms with E-state index in [1.54, 1.807) is 12.1 Å². The maximum atomic E-state index is 13.1. The molecule has 1 aromatic carbocycles. The number of halogens is 3. The Hall–Kier alpha value is -3.35. The third kappa shape index (κ3) is 4.49. The minimum atomic E-state index is -4.88. The van der Waals surface area contributed by atoms with Gasteiger partial charge in [0.15, 0.2) is 5.76 Å². The van der Waals surface area contributed by atoms with Crippen LogP contribution in [0.25, 0.3) is 11.7 Å². The van der Waals surface area contributed by atoms with Crippen molar-refractivity contribution in [3.8, 4) is 11.7 Å².